The predicted molar refractivity (Wildman–Crippen MR) is 76.3 cm³/mol. The maximum absolute atomic E-state index is 12.4. The zero-order chi connectivity index (χ0) is 13.1. The molecule has 0 radical (unpaired) electrons. The third-order valence-corrected chi connectivity index (χ3v) is 3.59. The maximum Gasteiger partial charge on any atom is 0.278 e. The molecular weight excluding hydrogens is 246 g/mol. The van der Waals surface area contributed by atoms with Crippen molar-refractivity contribution in [2.45, 2.75) is 32.0 Å². The van der Waals surface area contributed by atoms with E-state index >= 15 is 0 Å². The second-order valence-corrected chi connectivity index (χ2v) is 5.15. The molecule has 96 valence electrons. The third-order valence-electron chi connectivity index (χ3n) is 2.62. The quantitative estimate of drug-likeness (QED) is 0.512. The third kappa shape index (κ3) is 2.36. The number of H-pyrrole nitrogens is 1. The van der Waals surface area contributed by atoms with E-state index in [4.69, 9.17) is 0 Å². The van der Waals surface area contributed by atoms with Crippen LogP contribution in [-0.4, -0.2) is 20.3 Å². The smallest absolute Gasteiger partial charge is 0.278 e. The van der Waals surface area contributed by atoms with Gasteiger partial charge >= 0.3 is 0 Å². The van der Waals surface area contributed by atoms with Gasteiger partial charge in [0.1, 0.15) is 5.52 Å². The van der Waals surface area contributed by atoms with Crippen molar-refractivity contribution in [3.8, 4) is 0 Å². The van der Waals surface area contributed by atoms with E-state index in [-0.39, 0.29) is 5.56 Å². The van der Waals surface area contributed by atoms with Gasteiger partial charge in [-0.3, -0.25) is 9.36 Å². The van der Waals surface area contributed by atoms with Crippen LogP contribution in [0.25, 0.3) is 11.0 Å². The van der Waals surface area contributed by atoms with Gasteiger partial charge in [0.25, 0.3) is 5.56 Å². The lowest BCUT2D eigenvalue weighted by Crippen LogP contribution is -2.23. The molecule has 0 bridgehead atoms. The number of nitrogens with one attached hydrogen (secondary N) is 1. The molecule has 4 nitrogen and oxygen atoms in total. The lowest BCUT2D eigenvalue weighted by atomic mass is 10.4. The number of nitrogens with zero attached hydrogens (tertiary/aromatic N) is 2. The Balaban J connectivity index is 2.61. The molecular formula is C13H17N3OS. The van der Waals surface area contributed by atoms with Gasteiger partial charge in [0, 0.05) is 18.0 Å². The summed E-state index contributed by atoms with van der Waals surface area (Å²) >= 11 is 1.55. The number of fused-ring (bicyclic) bond motifs is 1. The summed E-state index contributed by atoms with van der Waals surface area (Å²) in [5.41, 5.74) is 2.32. The highest BCUT2D eigenvalue weighted by molar-refractivity contribution is 7.99. The van der Waals surface area contributed by atoms with Crippen LogP contribution in [-0.2, 0) is 6.54 Å². The van der Waals surface area contributed by atoms with Crippen LogP contribution in [0.5, 0.6) is 0 Å². The van der Waals surface area contributed by atoms with Crippen LogP contribution in [0, 0.1) is 6.92 Å². The number of hydrogen-bond acceptors (Lipinski definition) is 3. The average molecular weight is 263 g/mol. The highest BCUT2D eigenvalue weighted by Crippen LogP contribution is 2.18. The Morgan fingerprint density at radius 3 is 3.06 bits per heavy atom. The van der Waals surface area contributed by atoms with Crippen LogP contribution in [0.1, 0.15) is 19.0 Å². The lowest BCUT2D eigenvalue weighted by molar-refractivity contribution is 0.584. The molecule has 0 unspecified atom stereocenters. The van der Waals surface area contributed by atoms with Crippen LogP contribution in [0.15, 0.2) is 28.7 Å². The fourth-order valence-electron chi connectivity index (χ4n) is 1.88. The molecule has 0 atom stereocenters. The van der Waals surface area contributed by atoms with Crippen molar-refractivity contribution < 1.29 is 0 Å². The monoisotopic (exact) mass is 263 g/mol. The van der Waals surface area contributed by atoms with E-state index in [1.807, 2.05) is 19.1 Å². The van der Waals surface area contributed by atoms with E-state index in [0.29, 0.717) is 12.1 Å². The first kappa shape index (κ1) is 13.0. The summed E-state index contributed by atoms with van der Waals surface area (Å²) in [5, 5.41) is 0.772. The number of rotatable bonds is 5. The van der Waals surface area contributed by atoms with Crippen molar-refractivity contribution in [1.82, 2.24) is 14.5 Å². The molecule has 2 aromatic heterocycles. The maximum atomic E-state index is 12.4. The highest BCUT2D eigenvalue weighted by atomic mass is 32.2. The minimum absolute atomic E-state index is 0.0153. The molecule has 5 heteroatoms. The van der Waals surface area contributed by atoms with Crippen molar-refractivity contribution >= 4 is 22.8 Å². The summed E-state index contributed by atoms with van der Waals surface area (Å²) in [6, 6.07) is 1.91. The van der Waals surface area contributed by atoms with Crippen LogP contribution >= 0.6 is 11.8 Å². The zero-order valence-electron chi connectivity index (χ0n) is 10.7. The van der Waals surface area contributed by atoms with Crippen molar-refractivity contribution in [2.24, 2.45) is 0 Å². The number of thioether (sulfide) groups is 1. The van der Waals surface area contributed by atoms with Gasteiger partial charge in [0.2, 0.25) is 0 Å². The Morgan fingerprint density at radius 1 is 1.61 bits per heavy atom. The van der Waals surface area contributed by atoms with Gasteiger partial charge in [-0.15, -0.1) is 6.58 Å². The van der Waals surface area contributed by atoms with Crippen LogP contribution in [0.3, 0.4) is 0 Å². The second kappa shape index (κ2) is 5.44. The van der Waals surface area contributed by atoms with Crippen molar-refractivity contribution in [2.75, 3.05) is 5.75 Å². The first-order valence-corrected chi connectivity index (χ1v) is 6.99. The van der Waals surface area contributed by atoms with E-state index in [1.54, 1.807) is 16.3 Å². The summed E-state index contributed by atoms with van der Waals surface area (Å²) in [4.78, 5) is 20.0. The normalized spacial score (nSPS) is 11.0. The van der Waals surface area contributed by atoms with Crippen LogP contribution in [0.4, 0.5) is 0 Å². The van der Waals surface area contributed by atoms with Gasteiger partial charge in [-0.05, 0) is 19.4 Å². The number of hydrogen-bond donors (Lipinski definition) is 1. The molecule has 0 saturated heterocycles. The van der Waals surface area contributed by atoms with Crippen molar-refractivity contribution in [3.05, 3.63) is 34.8 Å². The molecule has 2 aromatic rings. The Morgan fingerprint density at radius 2 is 2.39 bits per heavy atom. The molecule has 1 N–H and O–H groups in total. The van der Waals surface area contributed by atoms with Crippen molar-refractivity contribution in [1.29, 1.82) is 0 Å². The Kier molecular flexibility index (Phi) is 3.91. The van der Waals surface area contributed by atoms with E-state index in [9.17, 15) is 4.79 Å². The van der Waals surface area contributed by atoms with Crippen molar-refractivity contribution in [3.63, 3.8) is 0 Å². The minimum atomic E-state index is 0.0153. The van der Waals surface area contributed by atoms with Gasteiger partial charge in [0.05, 0.1) is 5.52 Å². The molecule has 0 amide bonds. The molecule has 0 fully saturated rings. The summed E-state index contributed by atoms with van der Waals surface area (Å²) in [6.45, 7) is 8.38. The molecule has 0 saturated carbocycles. The topological polar surface area (TPSA) is 50.7 Å². The largest absolute Gasteiger partial charge is 0.353 e. The summed E-state index contributed by atoms with van der Waals surface area (Å²) in [6.07, 6.45) is 2.73. The Labute approximate surface area is 110 Å². The molecule has 2 rings (SSSR count). The molecule has 2 heterocycles. The number of aryl methyl sites for hydroxylation is 1. The fourth-order valence-corrected chi connectivity index (χ4v) is 2.64. The van der Waals surface area contributed by atoms with E-state index in [1.165, 1.54) is 0 Å². The van der Waals surface area contributed by atoms with Gasteiger partial charge in [0.15, 0.2) is 5.16 Å². The summed E-state index contributed by atoms with van der Waals surface area (Å²) in [7, 11) is 0. The van der Waals surface area contributed by atoms with Crippen LogP contribution < -0.4 is 5.56 Å². The van der Waals surface area contributed by atoms with E-state index < -0.39 is 0 Å². The lowest BCUT2D eigenvalue weighted by Gasteiger charge is -2.09. The summed E-state index contributed by atoms with van der Waals surface area (Å²) in [5.74, 6) is 0.755. The van der Waals surface area contributed by atoms with Gasteiger partial charge in [-0.25, -0.2) is 4.98 Å². The van der Waals surface area contributed by atoms with Gasteiger partial charge in [-0.1, -0.05) is 24.8 Å². The zero-order valence-corrected chi connectivity index (χ0v) is 11.5. The van der Waals surface area contributed by atoms with E-state index in [0.717, 1.165) is 28.5 Å². The molecule has 0 spiro atoms. The number of aromatic amines is 1. The predicted octanol–water partition coefficient (Wildman–Crippen LogP) is 2.72. The van der Waals surface area contributed by atoms with E-state index in [2.05, 4.69) is 23.5 Å². The average Bonchev–Trinajstić information content (AvgIpc) is 2.72. The molecule has 0 aliphatic heterocycles. The molecule has 0 aromatic carbocycles. The fraction of sp³-hybridized carbons (Fsp3) is 0.385. The standard InChI is InChI=1S/C13H17N3OS/c1-4-6-16-12(17)11-10(8-9(3)14-11)15-13(16)18-7-5-2/h5,8,14H,2,4,6-7H2,1,3H3. The number of aromatic nitrogens is 3. The summed E-state index contributed by atoms with van der Waals surface area (Å²) < 4.78 is 1.74. The minimum Gasteiger partial charge on any atom is -0.353 e. The highest BCUT2D eigenvalue weighted by Gasteiger charge is 2.12. The van der Waals surface area contributed by atoms with Crippen LogP contribution in [0.2, 0.25) is 0 Å². The molecule has 18 heavy (non-hydrogen) atoms. The van der Waals surface area contributed by atoms with Gasteiger partial charge < -0.3 is 4.98 Å². The second-order valence-electron chi connectivity index (χ2n) is 4.16. The Bertz CT molecular complexity index is 627. The molecule has 0 aliphatic rings. The SMILES string of the molecule is C=CCSc1nc2cc(C)[nH]c2c(=O)n1CCC. The Hall–Kier alpha value is -1.49. The molecule has 0 aliphatic carbocycles. The first-order chi connectivity index (χ1) is 8.67. The van der Waals surface area contributed by atoms with Gasteiger partial charge in [-0.2, -0.15) is 0 Å². The first-order valence-electron chi connectivity index (χ1n) is 6.01.